The SMILES string of the molecule is CC(=O)Nc1cccc(NC(=O)[C@H](C)N2C(=O)c3ccccc3S2(=O)=O)c1. The van der Waals surface area contributed by atoms with Gasteiger partial charge >= 0.3 is 0 Å². The molecule has 0 saturated carbocycles. The van der Waals surface area contributed by atoms with Crippen LogP contribution in [0.15, 0.2) is 53.4 Å². The van der Waals surface area contributed by atoms with Crippen molar-refractivity contribution in [1.82, 2.24) is 4.31 Å². The van der Waals surface area contributed by atoms with E-state index in [0.717, 1.165) is 0 Å². The fourth-order valence-corrected chi connectivity index (χ4v) is 4.54. The number of carbonyl (C=O) groups is 3. The van der Waals surface area contributed by atoms with Gasteiger partial charge in [-0.25, -0.2) is 12.7 Å². The molecule has 140 valence electrons. The number of sulfonamides is 1. The van der Waals surface area contributed by atoms with Crippen LogP contribution in [0.3, 0.4) is 0 Å². The van der Waals surface area contributed by atoms with Gasteiger partial charge in [0, 0.05) is 18.3 Å². The predicted octanol–water partition coefficient (Wildman–Crippen LogP) is 1.82. The van der Waals surface area contributed by atoms with E-state index < -0.39 is 27.9 Å². The number of nitrogens with zero attached hydrogens (tertiary/aromatic N) is 1. The summed E-state index contributed by atoms with van der Waals surface area (Å²) in [4.78, 5) is 36.1. The van der Waals surface area contributed by atoms with Gasteiger partial charge in [0.15, 0.2) is 0 Å². The summed E-state index contributed by atoms with van der Waals surface area (Å²) in [7, 11) is -4.09. The first-order valence-corrected chi connectivity index (χ1v) is 9.52. The van der Waals surface area contributed by atoms with Gasteiger partial charge in [-0.2, -0.15) is 0 Å². The van der Waals surface area contributed by atoms with E-state index in [-0.39, 0.29) is 16.4 Å². The highest BCUT2D eigenvalue weighted by Gasteiger charge is 2.45. The minimum atomic E-state index is -4.09. The quantitative estimate of drug-likeness (QED) is 0.831. The lowest BCUT2D eigenvalue weighted by Crippen LogP contribution is -2.45. The maximum atomic E-state index is 12.6. The van der Waals surface area contributed by atoms with Crippen LogP contribution in [-0.4, -0.2) is 36.5 Å². The highest BCUT2D eigenvalue weighted by atomic mass is 32.2. The predicted molar refractivity (Wildman–Crippen MR) is 98.6 cm³/mol. The molecule has 2 aromatic rings. The Bertz CT molecular complexity index is 1050. The molecule has 3 amide bonds. The summed E-state index contributed by atoms with van der Waals surface area (Å²) in [5, 5.41) is 5.15. The summed E-state index contributed by atoms with van der Waals surface area (Å²) < 4.78 is 25.9. The van der Waals surface area contributed by atoms with E-state index in [1.807, 2.05) is 0 Å². The molecule has 2 N–H and O–H groups in total. The van der Waals surface area contributed by atoms with Crippen LogP contribution in [0.1, 0.15) is 24.2 Å². The standard InChI is InChI=1S/C18H17N3O5S/c1-11(17(23)20-14-7-5-6-13(10-14)19-12(2)22)21-18(24)15-8-3-4-9-16(15)27(21,25)26/h3-11H,1-2H3,(H,19,22)(H,20,23)/t11-/m0/s1. The average molecular weight is 387 g/mol. The lowest BCUT2D eigenvalue weighted by Gasteiger charge is -2.22. The first-order chi connectivity index (χ1) is 12.7. The van der Waals surface area contributed by atoms with Gasteiger partial charge in [-0.3, -0.25) is 14.4 Å². The molecule has 0 unspecified atom stereocenters. The zero-order valence-electron chi connectivity index (χ0n) is 14.6. The highest BCUT2D eigenvalue weighted by Crippen LogP contribution is 2.32. The second-order valence-electron chi connectivity index (χ2n) is 6.03. The molecule has 0 aliphatic carbocycles. The Morgan fingerprint density at radius 1 is 1.00 bits per heavy atom. The summed E-state index contributed by atoms with van der Waals surface area (Å²) in [6.07, 6.45) is 0. The van der Waals surface area contributed by atoms with Crippen molar-refractivity contribution in [3.63, 3.8) is 0 Å². The smallest absolute Gasteiger partial charge is 0.269 e. The number of amides is 3. The van der Waals surface area contributed by atoms with Gasteiger partial charge < -0.3 is 10.6 Å². The van der Waals surface area contributed by atoms with E-state index in [1.165, 1.54) is 38.1 Å². The summed E-state index contributed by atoms with van der Waals surface area (Å²) in [6, 6.07) is 11.0. The van der Waals surface area contributed by atoms with Crippen molar-refractivity contribution in [2.24, 2.45) is 0 Å². The fourth-order valence-electron chi connectivity index (χ4n) is 2.82. The highest BCUT2D eigenvalue weighted by molar-refractivity contribution is 7.90. The zero-order chi connectivity index (χ0) is 19.8. The molecule has 1 heterocycles. The van der Waals surface area contributed by atoms with Gasteiger partial charge in [-0.1, -0.05) is 18.2 Å². The van der Waals surface area contributed by atoms with Crippen LogP contribution in [0.25, 0.3) is 0 Å². The first-order valence-electron chi connectivity index (χ1n) is 8.08. The number of hydrogen-bond donors (Lipinski definition) is 2. The van der Waals surface area contributed by atoms with E-state index in [4.69, 9.17) is 0 Å². The topological polar surface area (TPSA) is 113 Å². The zero-order valence-corrected chi connectivity index (χ0v) is 15.4. The molecule has 0 spiro atoms. The third-order valence-electron chi connectivity index (χ3n) is 4.04. The third-order valence-corrected chi connectivity index (χ3v) is 5.95. The van der Waals surface area contributed by atoms with Gasteiger partial charge in [-0.15, -0.1) is 0 Å². The largest absolute Gasteiger partial charge is 0.326 e. The van der Waals surface area contributed by atoms with E-state index >= 15 is 0 Å². The number of anilines is 2. The fraction of sp³-hybridized carbons (Fsp3) is 0.167. The van der Waals surface area contributed by atoms with E-state index in [9.17, 15) is 22.8 Å². The van der Waals surface area contributed by atoms with Crippen molar-refractivity contribution in [1.29, 1.82) is 0 Å². The van der Waals surface area contributed by atoms with Gasteiger partial charge in [-0.05, 0) is 37.3 Å². The van der Waals surface area contributed by atoms with Crippen molar-refractivity contribution in [3.05, 3.63) is 54.1 Å². The van der Waals surface area contributed by atoms with Gasteiger partial charge in [0.2, 0.25) is 11.8 Å². The normalized spacial score (nSPS) is 15.8. The molecule has 0 fully saturated rings. The van der Waals surface area contributed by atoms with E-state index in [1.54, 1.807) is 24.3 Å². The minimum Gasteiger partial charge on any atom is -0.326 e. The Morgan fingerprint density at radius 2 is 1.63 bits per heavy atom. The van der Waals surface area contributed by atoms with Crippen molar-refractivity contribution in [2.75, 3.05) is 10.6 Å². The third kappa shape index (κ3) is 3.41. The van der Waals surface area contributed by atoms with Gasteiger partial charge in [0.25, 0.3) is 15.9 Å². The lowest BCUT2D eigenvalue weighted by atomic mass is 10.2. The molecule has 1 aliphatic heterocycles. The van der Waals surface area contributed by atoms with Crippen molar-refractivity contribution < 1.29 is 22.8 Å². The Balaban J connectivity index is 1.83. The number of nitrogens with one attached hydrogen (secondary N) is 2. The molecule has 0 aromatic heterocycles. The number of benzene rings is 2. The molecule has 0 saturated heterocycles. The second kappa shape index (κ2) is 6.84. The molecule has 0 bridgehead atoms. The van der Waals surface area contributed by atoms with E-state index in [0.29, 0.717) is 15.7 Å². The molecular formula is C18H17N3O5S. The summed E-state index contributed by atoms with van der Waals surface area (Å²) >= 11 is 0. The van der Waals surface area contributed by atoms with Crippen LogP contribution < -0.4 is 10.6 Å². The molecule has 8 nitrogen and oxygen atoms in total. The Kier molecular flexibility index (Phi) is 4.71. The van der Waals surface area contributed by atoms with Gasteiger partial charge in [0.1, 0.15) is 10.9 Å². The monoisotopic (exact) mass is 387 g/mol. The Hall–Kier alpha value is -3.20. The molecule has 27 heavy (non-hydrogen) atoms. The van der Waals surface area contributed by atoms with Crippen LogP contribution in [0.2, 0.25) is 0 Å². The van der Waals surface area contributed by atoms with Crippen LogP contribution in [0.4, 0.5) is 11.4 Å². The Morgan fingerprint density at radius 3 is 2.26 bits per heavy atom. The van der Waals surface area contributed by atoms with Crippen LogP contribution in [0.5, 0.6) is 0 Å². The summed E-state index contributed by atoms with van der Waals surface area (Å²) in [6.45, 7) is 2.70. The van der Waals surface area contributed by atoms with Gasteiger partial charge in [0.05, 0.1) is 5.56 Å². The maximum Gasteiger partial charge on any atom is 0.269 e. The second-order valence-corrected chi connectivity index (χ2v) is 7.81. The average Bonchev–Trinajstić information content (AvgIpc) is 2.80. The Labute approximate surface area is 156 Å². The van der Waals surface area contributed by atoms with Crippen LogP contribution in [-0.2, 0) is 19.6 Å². The molecule has 2 aromatic carbocycles. The van der Waals surface area contributed by atoms with E-state index in [2.05, 4.69) is 10.6 Å². The number of rotatable bonds is 4. The molecule has 1 aliphatic rings. The van der Waals surface area contributed by atoms with Crippen LogP contribution in [0, 0.1) is 0 Å². The molecule has 1 atom stereocenters. The molecule has 3 rings (SSSR count). The maximum absolute atomic E-state index is 12.6. The van der Waals surface area contributed by atoms with Crippen molar-refractivity contribution >= 4 is 39.1 Å². The molecule has 9 heteroatoms. The van der Waals surface area contributed by atoms with Crippen molar-refractivity contribution in [2.45, 2.75) is 24.8 Å². The summed E-state index contributed by atoms with van der Waals surface area (Å²) in [5.41, 5.74) is 0.884. The number of carbonyl (C=O) groups excluding carboxylic acids is 3. The van der Waals surface area contributed by atoms with Crippen molar-refractivity contribution in [3.8, 4) is 0 Å². The summed E-state index contributed by atoms with van der Waals surface area (Å²) in [5.74, 6) is -1.67. The first kappa shape index (κ1) is 18.6. The number of fused-ring (bicyclic) bond motifs is 1. The minimum absolute atomic E-state index is 0.0461. The molecule has 0 radical (unpaired) electrons. The lowest BCUT2D eigenvalue weighted by molar-refractivity contribution is -0.119. The van der Waals surface area contributed by atoms with Crippen LogP contribution >= 0.6 is 0 Å². The number of hydrogen-bond acceptors (Lipinski definition) is 5. The molecular weight excluding hydrogens is 370 g/mol.